The first-order chi connectivity index (χ1) is 9.19. The lowest BCUT2D eigenvalue weighted by Gasteiger charge is -2.19. The number of nitrogens with one attached hydrogen (secondary N) is 1. The predicted molar refractivity (Wildman–Crippen MR) is 84.3 cm³/mol. The van der Waals surface area contributed by atoms with Crippen LogP contribution in [0.3, 0.4) is 0 Å². The SMILES string of the molecule is CN(Cc1cc(Br)cs1)C(=Nc1ccccc1)NN. The average molecular weight is 339 g/mol. The minimum atomic E-state index is 0.635. The van der Waals surface area contributed by atoms with Crippen molar-refractivity contribution in [1.82, 2.24) is 10.3 Å². The molecule has 0 bridgehead atoms. The van der Waals surface area contributed by atoms with Gasteiger partial charge in [-0.3, -0.25) is 5.43 Å². The van der Waals surface area contributed by atoms with E-state index in [2.05, 4.69) is 37.8 Å². The summed E-state index contributed by atoms with van der Waals surface area (Å²) < 4.78 is 1.10. The zero-order valence-electron chi connectivity index (χ0n) is 10.5. The van der Waals surface area contributed by atoms with Crippen molar-refractivity contribution >= 4 is 38.9 Å². The molecule has 1 aromatic heterocycles. The number of nitrogens with zero attached hydrogens (tertiary/aromatic N) is 2. The van der Waals surface area contributed by atoms with Gasteiger partial charge in [0.15, 0.2) is 0 Å². The minimum absolute atomic E-state index is 0.635. The zero-order chi connectivity index (χ0) is 13.7. The standard InChI is InChI=1S/C13H15BrN4S/c1-18(8-12-7-10(14)9-19-12)13(17-15)16-11-5-3-2-4-6-11/h2-7,9H,8,15H2,1H3,(H,16,17). The van der Waals surface area contributed by atoms with Gasteiger partial charge < -0.3 is 4.90 Å². The van der Waals surface area contributed by atoms with Crippen molar-refractivity contribution in [3.8, 4) is 0 Å². The van der Waals surface area contributed by atoms with Crippen molar-refractivity contribution in [2.75, 3.05) is 7.05 Å². The summed E-state index contributed by atoms with van der Waals surface area (Å²) in [7, 11) is 1.95. The van der Waals surface area contributed by atoms with Crippen molar-refractivity contribution in [3.05, 3.63) is 51.1 Å². The molecule has 1 aromatic carbocycles. The summed E-state index contributed by atoms with van der Waals surface area (Å²) in [5.74, 6) is 6.19. The van der Waals surface area contributed by atoms with E-state index in [0.717, 1.165) is 16.7 Å². The van der Waals surface area contributed by atoms with Gasteiger partial charge in [0.1, 0.15) is 0 Å². The molecule has 0 aliphatic carbocycles. The number of hydrogen-bond acceptors (Lipinski definition) is 3. The van der Waals surface area contributed by atoms with E-state index in [9.17, 15) is 0 Å². The van der Waals surface area contributed by atoms with E-state index in [0.29, 0.717) is 5.96 Å². The Kier molecular flexibility index (Phi) is 4.95. The smallest absolute Gasteiger partial charge is 0.213 e. The number of hydrogen-bond donors (Lipinski definition) is 2. The third-order valence-corrected chi connectivity index (χ3v) is 4.18. The topological polar surface area (TPSA) is 53.6 Å². The quantitative estimate of drug-likeness (QED) is 0.391. The fourth-order valence-electron chi connectivity index (χ4n) is 1.60. The fourth-order valence-corrected chi connectivity index (χ4v) is 3.10. The van der Waals surface area contributed by atoms with Gasteiger partial charge in [0, 0.05) is 21.8 Å². The van der Waals surface area contributed by atoms with Gasteiger partial charge in [0.2, 0.25) is 5.96 Å². The van der Waals surface area contributed by atoms with Crippen molar-refractivity contribution in [1.29, 1.82) is 0 Å². The molecule has 0 fully saturated rings. The van der Waals surface area contributed by atoms with Gasteiger partial charge in [-0.25, -0.2) is 10.8 Å². The molecule has 0 radical (unpaired) electrons. The van der Waals surface area contributed by atoms with Crippen molar-refractivity contribution in [2.45, 2.75) is 6.54 Å². The molecule has 1 heterocycles. The molecule has 19 heavy (non-hydrogen) atoms. The summed E-state index contributed by atoms with van der Waals surface area (Å²) in [5, 5.41) is 2.06. The molecule has 2 rings (SSSR count). The number of hydrazine groups is 1. The lowest BCUT2D eigenvalue weighted by Crippen LogP contribution is -2.42. The summed E-state index contributed by atoms with van der Waals surface area (Å²) in [6.07, 6.45) is 0. The van der Waals surface area contributed by atoms with Gasteiger partial charge in [-0.1, -0.05) is 18.2 Å². The lowest BCUT2D eigenvalue weighted by molar-refractivity contribution is 0.485. The average Bonchev–Trinajstić information content (AvgIpc) is 2.82. The second kappa shape index (κ2) is 6.70. The number of rotatable bonds is 3. The van der Waals surface area contributed by atoms with Crippen LogP contribution < -0.4 is 11.3 Å². The minimum Gasteiger partial charge on any atom is -0.340 e. The number of benzene rings is 1. The van der Waals surface area contributed by atoms with E-state index in [1.165, 1.54) is 4.88 Å². The molecule has 3 N–H and O–H groups in total. The van der Waals surface area contributed by atoms with E-state index < -0.39 is 0 Å². The number of guanidine groups is 1. The number of para-hydroxylation sites is 1. The van der Waals surface area contributed by atoms with Crippen molar-refractivity contribution in [2.24, 2.45) is 10.8 Å². The first-order valence-corrected chi connectivity index (χ1v) is 7.40. The highest BCUT2D eigenvalue weighted by Crippen LogP contribution is 2.21. The summed E-state index contributed by atoms with van der Waals surface area (Å²) >= 11 is 5.15. The molecule has 0 saturated carbocycles. The van der Waals surface area contributed by atoms with Crippen LogP contribution in [0.4, 0.5) is 5.69 Å². The fraction of sp³-hybridized carbons (Fsp3) is 0.154. The highest BCUT2D eigenvalue weighted by Gasteiger charge is 2.07. The Morgan fingerprint density at radius 3 is 2.74 bits per heavy atom. The second-order valence-electron chi connectivity index (χ2n) is 4.00. The molecule has 0 spiro atoms. The Morgan fingerprint density at radius 2 is 2.16 bits per heavy atom. The van der Waals surface area contributed by atoms with Crippen LogP contribution in [-0.2, 0) is 6.54 Å². The second-order valence-corrected chi connectivity index (χ2v) is 5.91. The Balaban J connectivity index is 2.11. The molecule has 0 amide bonds. The van der Waals surface area contributed by atoms with Crippen LogP contribution in [0.5, 0.6) is 0 Å². The van der Waals surface area contributed by atoms with Gasteiger partial charge in [-0.05, 0) is 34.1 Å². The highest BCUT2D eigenvalue weighted by atomic mass is 79.9. The van der Waals surface area contributed by atoms with Gasteiger partial charge in [0.05, 0.1) is 12.2 Å². The van der Waals surface area contributed by atoms with Gasteiger partial charge >= 0.3 is 0 Å². The number of halogens is 1. The maximum atomic E-state index is 5.55. The van der Waals surface area contributed by atoms with Gasteiger partial charge in [0.25, 0.3) is 0 Å². The summed E-state index contributed by atoms with van der Waals surface area (Å²) in [4.78, 5) is 7.70. The van der Waals surface area contributed by atoms with Crippen molar-refractivity contribution in [3.63, 3.8) is 0 Å². The Bertz CT molecular complexity index is 553. The molecule has 0 saturated heterocycles. The van der Waals surface area contributed by atoms with Crippen LogP contribution in [-0.4, -0.2) is 17.9 Å². The largest absolute Gasteiger partial charge is 0.340 e. The molecular formula is C13H15BrN4S. The summed E-state index contributed by atoms with van der Waals surface area (Å²) in [5.41, 5.74) is 3.52. The van der Waals surface area contributed by atoms with Crippen LogP contribution in [0.15, 0.2) is 51.2 Å². The normalized spacial score (nSPS) is 11.4. The molecule has 2 aromatic rings. The van der Waals surface area contributed by atoms with Crippen LogP contribution in [0, 0.1) is 0 Å². The summed E-state index contributed by atoms with van der Waals surface area (Å²) in [6, 6.07) is 11.8. The van der Waals surface area contributed by atoms with Crippen molar-refractivity contribution < 1.29 is 0 Å². The Hall–Kier alpha value is -1.37. The van der Waals surface area contributed by atoms with Gasteiger partial charge in [-0.15, -0.1) is 11.3 Å². The number of nitrogens with two attached hydrogens (primary N) is 1. The van der Waals surface area contributed by atoms with E-state index in [1.807, 2.05) is 42.3 Å². The third kappa shape index (κ3) is 4.05. The van der Waals surface area contributed by atoms with E-state index >= 15 is 0 Å². The first kappa shape index (κ1) is 14.0. The number of aliphatic imine (C=N–C) groups is 1. The maximum Gasteiger partial charge on any atom is 0.213 e. The van der Waals surface area contributed by atoms with Crippen LogP contribution in [0.2, 0.25) is 0 Å². The molecular weight excluding hydrogens is 324 g/mol. The predicted octanol–water partition coefficient (Wildman–Crippen LogP) is 3.09. The van der Waals surface area contributed by atoms with Crippen LogP contribution in [0.1, 0.15) is 4.88 Å². The number of thiophene rings is 1. The van der Waals surface area contributed by atoms with Crippen LogP contribution in [0.25, 0.3) is 0 Å². The maximum absolute atomic E-state index is 5.55. The van der Waals surface area contributed by atoms with Gasteiger partial charge in [-0.2, -0.15) is 0 Å². The highest BCUT2D eigenvalue weighted by molar-refractivity contribution is 9.10. The van der Waals surface area contributed by atoms with E-state index in [1.54, 1.807) is 11.3 Å². The molecule has 0 atom stereocenters. The zero-order valence-corrected chi connectivity index (χ0v) is 12.9. The molecule has 0 aliphatic rings. The third-order valence-electron chi connectivity index (χ3n) is 2.50. The Labute approximate surface area is 125 Å². The monoisotopic (exact) mass is 338 g/mol. The van der Waals surface area contributed by atoms with E-state index in [-0.39, 0.29) is 0 Å². The first-order valence-electron chi connectivity index (χ1n) is 5.73. The Morgan fingerprint density at radius 1 is 1.42 bits per heavy atom. The van der Waals surface area contributed by atoms with E-state index in [4.69, 9.17) is 5.84 Å². The lowest BCUT2D eigenvalue weighted by atomic mass is 10.3. The molecule has 4 nitrogen and oxygen atoms in total. The molecule has 100 valence electrons. The summed E-state index contributed by atoms with van der Waals surface area (Å²) in [6.45, 7) is 0.756. The molecule has 0 unspecified atom stereocenters. The molecule has 0 aliphatic heterocycles. The van der Waals surface area contributed by atoms with Crippen LogP contribution >= 0.6 is 27.3 Å². The molecule has 6 heteroatoms.